The highest BCUT2D eigenvalue weighted by Gasteiger charge is 2.41. The molecule has 148 valence electrons. The molecule has 0 amide bonds. The predicted octanol–water partition coefficient (Wildman–Crippen LogP) is 5.03. The zero-order valence-electron chi connectivity index (χ0n) is 14.8. The fraction of sp³-hybridized carbons (Fsp3) is 0.0500. The number of rotatable bonds is 4. The molecular weight excluding hydrogens is 435 g/mol. The van der Waals surface area contributed by atoms with Crippen LogP contribution in [-0.2, 0) is 16.6 Å². The Balaban J connectivity index is 1.75. The van der Waals surface area contributed by atoms with Crippen molar-refractivity contribution < 1.29 is 17.6 Å². The molecule has 0 fully saturated rings. The number of allylic oxidation sites excluding steroid dienone is 1. The van der Waals surface area contributed by atoms with Gasteiger partial charge in [-0.1, -0.05) is 29.8 Å². The van der Waals surface area contributed by atoms with Gasteiger partial charge in [0.05, 0.1) is 12.2 Å². The van der Waals surface area contributed by atoms with E-state index in [1.807, 2.05) is 0 Å². The molecule has 0 saturated heterocycles. The lowest BCUT2D eigenvalue weighted by molar-refractivity contribution is 0.104. The first-order valence-electron chi connectivity index (χ1n) is 8.48. The van der Waals surface area contributed by atoms with E-state index in [1.165, 1.54) is 24.4 Å². The van der Waals surface area contributed by atoms with Crippen molar-refractivity contribution in [2.24, 2.45) is 0 Å². The van der Waals surface area contributed by atoms with Gasteiger partial charge in [-0.2, -0.15) is 0 Å². The van der Waals surface area contributed by atoms with Gasteiger partial charge in [0.1, 0.15) is 10.7 Å². The van der Waals surface area contributed by atoms with Gasteiger partial charge in [0.15, 0.2) is 4.91 Å². The first kappa shape index (κ1) is 19.6. The molecule has 3 aromatic rings. The summed E-state index contributed by atoms with van der Waals surface area (Å²) in [5.74, 6) is -1.04. The number of anilines is 2. The van der Waals surface area contributed by atoms with Gasteiger partial charge >= 0.3 is 0 Å². The zero-order valence-corrected chi connectivity index (χ0v) is 17.2. The SMILES string of the molecule is O=C1C(=CNc2cccc(Cl)c2)S(=O)(=O)N(Cc2cccc(F)c2)c2ccsc21. The normalized spacial score (nSPS) is 16.7. The standard InChI is InChI=1S/C20H14ClFN2O3S2/c21-14-4-2-6-16(10-14)23-11-18-19(25)20-17(7-8-28-20)24(29(18,26)27)12-13-3-1-5-15(22)9-13/h1-11,23H,12H2. The molecule has 1 N–H and O–H groups in total. The molecule has 0 radical (unpaired) electrons. The molecule has 5 nitrogen and oxygen atoms in total. The van der Waals surface area contributed by atoms with E-state index < -0.39 is 21.6 Å². The van der Waals surface area contributed by atoms with Crippen molar-refractivity contribution in [3.8, 4) is 0 Å². The fourth-order valence-corrected chi connectivity index (χ4v) is 5.66. The Morgan fingerprint density at radius 1 is 1.14 bits per heavy atom. The van der Waals surface area contributed by atoms with E-state index in [4.69, 9.17) is 11.6 Å². The van der Waals surface area contributed by atoms with Crippen molar-refractivity contribution in [3.05, 3.63) is 92.4 Å². The lowest BCUT2D eigenvalue weighted by Crippen LogP contribution is -2.38. The highest BCUT2D eigenvalue weighted by Crippen LogP contribution is 2.39. The van der Waals surface area contributed by atoms with Gasteiger partial charge in [-0.15, -0.1) is 11.3 Å². The number of ketones is 1. The van der Waals surface area contributed by atoms with Crippen LogP contribution in [0.5, 0.6) is 0 Å². The minimum absolute atomic E-state index is 0.0917. The average molecular weight is 449 g/mol. The maximum absolute atomic E-state index is 13.6. The third kappa shape index (κ3) is 3.78. The third-order valence-corrected chi connectivity index (χ3v) is 7.22. The molecule has 0 atom stereocenters. The Hall–Kier alpha value is -2.68. The minimum atomic E-state index is -4.15. The summed E-state index contributed by atoms with van der Waals surface area (Å²) in [5, 5.41) is 4.96. The van der Waals surface area contributed by atoms with Gasteiger partial charge in [0.25, 0.3) is 10.0 Å². The van der Waals surface area contributed by atoms with Crippen molar-refractivity contribution in [2.45, 2.75) is 6.54 Å². The van der Waals surface area contributed by atoms with E-state index in [0.717, 1.165) is 15.6 Å². The largest absolute Gasteiger partial charge is 0.360 e. The second-order valence-electron chi connectivity index (χ2n) is 6.27. The molecule has 0 aliphatic carbocycles. The van der Waals surface area contributed by atoms with E-state index in [2.05, 4.69) is 5.32 Å². The maximum atomic E-state index is 13.6. The van der Waals surface area contributed by atoms with Crippen molar-refractivity contribution in [1.82, 2.24) is 0 Å². The second kappa shape index (κ2) is 7.62. The first-order valence-corrected chi connectivity index (χ1v) is 11.2. The smallest absolute Gasteiger partial charge is 0.270 e. The summed E-state index contributed by atoms with van der Waals surface area (Å²) in [6, 6.07) is 14.0. The number of thiophene rings is 1. The summed E-state index contributed by atoms with van der Waals surface area (Å²) in [5.41, 5.74) is 1.31. The van der Waals surface area contributed by atoms with Gasteiger partial charge in [-0.05, 0) is 47.3 Å². The summed E-state index contributed by atoms with van der Waals surface area (Å²) < 4.78 is 41.2. The molecule has 1 aliphatic rings. The number of carbonyl (C=O) groups is 1. The van der Waals surface area contributed by atoms with Gasteiger partial charge in [0, 0.05) is 16.9 Å². The molecule has 1 aliphatic heterocycles. The van der Waals surface area contributed by atoms with E-state index in [0.29, 0.717) is 26.8 Å². The third-order valence-electron chi connectivity index (χ3n) is 4.32. The number of halogens is 2. The van der Waals surface area contributed by atoms with E-state index in [-0.39, 0.29) is 11.4 Å². The first-order chi connectivity index (χ1) is 13.9. The molecular formula is C20H14ClFN2O3S2. The van der Waals surface area contributed by atoms with Crippen LogP contribution in [-0.4, -0.2) is 14.2 Å². The highest BCUT2D eigenvalue weighted by atomic mass is 35.5. The van der Waals surface area contributed by atoms with Crippen molar-refractivity contribution in [1.29, 1.82) is 0 Å². The number of hydrogen-bond donors (Lipinski definition) is 1. The van der Waals surface area contributed by atoms with Gasteiger partial charge < -0.3 is 5.32 Å². The van der Waals surface area contributed by atoms with Crippen molar-refractivity contribution in [3.63, 3.8) is 0 Å². The number of fused-ring (bicyclic) bond motifs is 1. The van der Waals surface area contributed by atoms with Crippen LogP contribution in [0.2, 0.25) is 5.02 Å². The number of Topliss-reactive ketones (excluding diaryl/α,β-unsaturated/α-hetero) is 1. The predicted molar refractivity (Wildman–Crippen MR) is 113 cm³/mol. The molecule has 29 heavy (non-hydrogen) atoms. The van der Waals surface area contributed by atoms with Crippen LogP contribution in [0.3, 0.4) is 0 Å². The average Bonchev–Trinajstić information content (AvgIpc) is 3.15. The maximum Gasteiger partial charge on any atom is 0.270 e. The quantitative estimate of drug-likeness (QED) is 0.568. The topological polar surface area (TPSA) is 66.5 Å². The van der Waals surface area contributed by atoms with Crippen LogP contribution >= 0.6 is 22.9 Å². The number of hydrogen-bond acceptors (Lipinski definition) is 5. The lowest BCUT2D eigenvalue weighted by Gasteiger charge is -2.29. The summed E-state index contributed by atoms with van der Waals surface area (Å²) in [4.78, 5) is 12.8. The van der Waals surface area contributed by atoms with E-state index >= 15 is 0 Å². The molecule has 0 bridgehead atoms. The second-order valence-corrected chi connectivity index (χ2v) is 9.45. The Morgan fingerprint density at radius 2 is 1.93 bits per heavy atom. The lowest BCUT2D eigenvalue weighted by atomic mass is 10.2. The van der Waals surface area contributed by atoms with Crippen LogP contribution < -0.4 is 9.62 Å². The zero-order chi connectivity index (χ0) is 20.6. The van der Waals surface area contributed by atoms with Crippen LogP contribution in [0.4, 0.5) is 15.8 Å². The van der Waals surface area contributed by atoms with Gasteiger partial charge in [-0.25, -0.2) is 12.8 Å². The number of nitrogens with one attached hydrogen (secondary N) is 1. The summed E-state index contributed by atoms with van der Waals surface area (Å²) in [6.45, 7) is -0.0917. The number of carbonyl (C=O) groups excluding carboxylic acids is 1. The molecule has 4 rings (SSSR count). The summed E-state index contributed by atoms with van der Waals surface area (Å²) in [7, 11) is -4.15. The molecule has 0 spiro atoms. The Labute approximate surface area is 176 Å². The minimum Gasteiger partial charge on any atom is -0.360 e. The molecule has 0 saturated carbocycles. The van der Waals surface area contributed by atoms with Crippen molar-refractivity contribution >= 4 is 50.1 Å². The Kier molecular flexibility index (Phi) is 5.16. The summed E-state index contributed by atoms with van der Waals surface area (Å²) >= 11 is 7.11. The van der Waals surface area contributed by atoms with Gasteiger partial charge in [0.2, 0.25) is 5.78 Å². The molecule has 1 aromatic heterocycles. The van der Waals surface area contributed by atoms with Gasteiger partial charge in [-0.3, -0.25) is 9.10 Å². The Bertz CT molecular complexity index is 1240. The van der Waals surface area contributed by atoms with Crippen LogP contribution in [0.1, 0.15) is 15.2 Å². The molecule has 2 aromatic carbocycles. The highest BCUT2D eigenvalue weighted by molar-refractivity contribution is 7.97. The van der Waals surface area contributed by atoms with E-state index in [1.54, 1.807) is 41.8 Å². The fourth-order valence-electron chi connectivity index (χ4n) is 2.98. The summed E-state index contributed by atoms with van der Waals surface area (Å²) in [6.07, 6.45) is 1.17. The molecule has 9 heteroatoms. The molecule has 0 unspecified atom stereocenters. The number of sulfonamides is 1. The molecule has 2 heterocycles. The monoisotopic (exact) mass is 448 g/mol. The van der Waals surface area contributed by atoms with Crippen LogP contribution in [0, 0.1) is 5.82 Å². The Morgan fingerprint density at radius 3 is 2.69 bits per heavy atom. The van der Waals surface area contributed by atoms with E-state index in [9.17, 15) is 17.6 Å². The van der Waals surface area contributed by atoms with Crippen molar-refractivity contribution in [2.75, 3.05) is 9.62 Å². The number of nitrogens with zero attached hydrogens (tertiary/aromatic N) is 1. The number of benzene rings is 2. The van der Waals surface area contributed by atoms with Crippen LogP contribution in [0.15, 0.2) is 71.1 Å². The van der Waals surface area contributed by atoms with Crippen LogP contribution in [0.25, 0.3) is 0 Å².